The number of hydrogen-bond donors (Lipinski definition) is 3. The maximum absolute atomic E-state index is 14.1. The molecule has 1 aliphatic rings. The Morgan fingerprint density at radius 3 is 2.36 bits per heavy atom. The molecule has 0 aliphatic heterocycles. The van der Waals surface area contributed by atoms with E-state index >= 15 is 0 Å². The monoisotopic (exact) mass is 363 g/mol. The number of aliphatic hydroxyl groups excluding tert-OH is 2. The largest absolute Gasteiger partial charge is 0.391 e. The number of rotatable bonds is 11. The van der Waals surface area contributed by atoms with Gasteiger partial charge >= 0.3 is 5.92 Å². The van der Waals surface area contributed by atoms with E-state index in [1.165, 1.54) is 6.42 Å². The molecule has 4 nitrogen and oxygen atoms in total. The molecule has 0 heterocycles. The molecule has 1 saturated carbocycles. The summed E-state index contributed by atoms with van der Waals surface area (Å²) in [5.41, 5.74) is 0. The fourth-order valence-corrected chi connectivity index (χ4v) is 3.35. The summed E-state index contributed by atoms with van der Waals surface area (Å²) >= 11 is 0. The van der Waals surface area contributed by atoms with E-state index < -0.39 is 30.1 Å². The van der Waals surface area contributed by atoms with Crippen LogP contribution in [-0.2, 0) is 4.79 Å². The summed E-state index contributed by atoms with van der Waals surface area (Å²) in [5, 5.41) is 22.0. The van der Waals surface area contributed by atoms with Gasteiger partial charge in [-0.25, -0.2) is 0 Å². The molecule has 0 spiro atoms. The minimum Gasteiger partial charge on any atom is -0.391 e. The third-order valence-corrected chi connectivity index (χ3v) is 5.10. The fraction of sp³-hybridized carbons (Fsp3) is 0.947. The molecule has 1 fully saturated rings. The maximum atomic E-state index is 14.1. The lowest BCUT2D eigenvalue weighted by atomic mass is 10.0. The highest BCUT2D eigenvalue weighted by Crippen LogP contribution is 2.25. The van der Waals surface area contributed by atoms with Crippen molar-refractivity contribution in [3.8, 4) is 0 Å². The Morgan fingerprint density at radius 2 is 1.68 bits per heavy atom. The van der Waals surface area contributed by atoms with Crippen LogP contribution in [0.2, 0.25) is 0 Å². The number of aliphatic hydroxyl groups is 2. The van der Waals surface area contributed by atoms with Crippen LogP contribution in [0.3, 0.4) is 0 Å². The number of amides is 1. The molecule has 1 aliphatic carbocycles. The second kappa shape index (κ2) is 11.8. The van der Waals surface area contributed by atoms with Crippen LogP contribution >= 0.6 is 0 Å². The first-order valence-electron chi connectivity index (χ1n) is 9.94. The standard InChI is InChI=1S/C19H35F2NO3/c1-2-3-4-5-6-7-11-14-17(24)19(20,21)18(25)22-15-12-9-8-10-13-16(15)23/h15-17,23-24H,2-14H2,1H3,(H,22,25)/t15-,16-,17?/m0/s1. The summed E-state index contributed by atoms with van der Waals surface area (Å²) in [6.07, 6.45) is 7.58. The van der Waals surface area contributed by atoms with Gasteiger partial charge < -0.3 is 15.5 Å². The van der Waals surface area contributed by atoms with Gasteiger partial charge in [-0.3, -0.25) is 4.79 Å². The van der Waals surface area contributed by atoms with Gasteiger partial charge in [0.2, 0.25) is 0 Å². The minimum atomic E-state index is -3.81. The lowest BCUT2D eigenvalue weighted by Crippen LogP contribution is -2.53. The maximum Gasteiger partial charge on any atom is 0.349 e. The van der Waals surface area contributed by atoms with Gasteiger partial charge in [0.1, 0.15) is 6.10 Å². The first-order chi connectivity index (χ1) is 11.9. The molecule has 3 N–H and O–H groups in total. The molecule has 148 valence electrons. The summed E-state index contributed by atoms with van der Waals surface area (Å²) in [6, 6.07) is -0.647. The lowest BCUT2D eigenvalue weighted by molar-refractivity contribution is -0.165. The molecule has 25 heavy (non-hydrogen) atoms. The highest BCUT2D eigenvalue weighted by Gasteiger charge is 2.47. The molecule has 1 rings (SSSR count). The van der Waals surface area contributed by atoms with Gasteiger partial charge in [-0.15, -0.1) is 0 Å². The van der Waals surface area contributed by atoms with Crippen molar-refractivity contribution in [3.05, 3.63) is 0 Å². The molecule has 3 atom stereocenters. The van der Waals surface area contributed by atoms with Gasteiger partial charge in [-0.1, -0.05) is 71.1 Å². The number of unbranched alkanes of at least 4 members (excludes halogenated alkanes) is 6. The van der Waals surface area contributed by atoms with Crippen LogP contribution in [0.15, 0.2) is 0 Å². The second-order valence-electron chi connectivity index (χ2n) is 7.33. The Kier molecular flexibility index (Phi) is 10.5. The van der Waals surface area contributed by atoms with Gasteiger partial charge in [0.05, 0.1) is 12.1 Å². The van der Waals surface area contributed by atoms with Crippen molar-refractivity contribution in [3.63, 3.8) is 0 Å². The van der Waals surface area contributed by atoms with E-state index in [-0.39, 0.29) is 6.42 Å². The van der Waals surface area contributed by atoms with Gasteiger partial charge in [0.25, 0.3) is 5.91 Å². The van der Waals surface area contributed by atoms with E-state index in [2.05, 4.69) is 12.2 Å². The number of carbonyl (C=O) groups excluding carboxylic acids is 1. The van der Waals surface area contributed by atoms with Gasteiger partial charge in [0, 0.05) is 0 Å². The number of carbonyl (C=O) groups is 1. The fourth-order valence-electron chi connectivity index (χ4n) is 3.35. The zero-order valence-corrected chi connectivity index (χ0v) is 15.5. The minimum absolute atomic E-state index is 0.0819. The number of hydrogen-bond acceptors (Lipinski definition) is 3. The van der Waals surface area contributed by atoms with E-state index in [1.807, 2.05) is 0 Å². The topological polar surface area (TPSA) is 69.6 Å². The van der Waals surface area contributed by atoms with Crippen molar-refractivity contribution in [2.24, 2.45) is 0 Å². The summed E-state index contributed by atoms with van der Waals surface area (Å²) in [4.78, 5) is 11.9. The second-order valence-corrected chi connectivity index (χ2v) is 7.33. The predicted molar refractivity (Wildman–Crippen MR) is 94.6 cm³/mol. The molecule has 1 amide bonds. The van der Waals surface area contributed by atoms with E-state index in [0.717, 1.165) is 51.4 Å². The quantitative estimate of drug-likeness (QED) is 0.385. The van der Waals surface area contributed by atoms with Crippen LogP contribution in [0.1, 0.15) is 90.4 Å². The van der Waals surface area contributed by atoms with Gasteiger partial charge in [0.15, 0.2) is 0 Å². The third kappa shape index (κ3) is 7.99. The van der Waals surface area contributed by atoms with Crippen LogP contribution in [0, 0.1) is 0 Å². The zero-order valence-electron chi connectivity index (χ0n) is 15.5. The van der Waals surface area contributed by atoms with Crippen molar-refractivity contribution >= 4 is 5.91 Å². The molecular weight excluding hydrogens is 328 g/mol. The Labute approximate surface area is 150 Å². The third-order valence-electron chi connectivity index (χ3n) is 5.10. The number of alkyl halides is 2. The molecule has 0 radical (unpaired) electrons. The van der Waals surface area contributed by atoms with Gasteiger partial charge in [-0.05, 0) is 19.3 Å². The Hall–Kier alpha value is -0.750. The first-order valence-corrected chi connectivity index (χ1v) is 9.94. The lowest BCUT2D eigenvalue weighted by Gasteiger charge is -2.27. The van der Waals surface area contributed by atoms with Crippen LogP contribution in [0.25, 0.3) is 0 Å². The van der Waals surface area contributed by atoms with Crippen LogP contribution < -0.4 is 5.32 Å². The SMILES string of the molecule is CCCCCCCCCC(O)C(F)(F)C(=O)N[C@H]1CCCCC[C@@H]1O. The highest BCUT2D eigenvalue weighted by atomic mass is 19.3. The van der Waals surface area contributed by atoms with Gasteiger partial charge in [-0.2, -0.15) is 8.78 Å². The van der Waals surface area contributed by atoms with E-state index in [9.17, 15) is 23.8 Å². The van der Waals surface area contributed by atoms with E-state index in [0.29, 0.717) is 19.3 Å². The van der Waals surface area contributed by atoms with E-state index in [1.54, 1.807) is 0 Å². The van der Waals surface area contributed by atoms with Crippen molar-refractivity contribution < 1.29 is 23.8 Å². The summed E-state index contributed by atoms with van der Waals surface area (Å²) in [6.45, 7) is 2.14. The Balaban J connectivity index is 2.34. The number of halogens is 2. The van der Waals surface area contributed by atoms with E-state index in [4.69, 9.17) is 0 Å². The van der Waals surface area contributed by atoms with Crippen LogP contribution in [0.4, 0.5) is 8.78 Å². The highest BCUT2D eigenvalue weighted by molar-refractivity contribution is 5.84. The van der Waals surface area contributed by atoms with Crippen LogP contribution in [-0.4, -0.2) is 40.3 Å². The Morgan fingerprint density at radius 1 is 1.08 bits per heavy atom. The first kappa shape index (κ1) is 22.3. The molecule has 1 unspecified atom stereocenters. The zero-order chi connectivity index (χ0) is 18.7. The van der Waals surface area contributed by atoms with Crippen molar-refractivity contribution in [1.29, 1.82) is 0 Å². The molecule has 0 bridgehead atoms. The summed E-state index contributed by atoms with van der Waals surface area (Å²) in [7, 11) is 0. The average Bonchev–Trinajstić information content (AvgIpc) is 2.78. The van der Waals surface area contributed by atoms with Crippen molar-refractivity contribution in [2.45, 2.75) is 115 Å². The average molecular weight is 363 g/mol. The predicted octanol–water partition coefficient (Wildman–Crippen LogP) is 3.93. The molecular formula is C19H35F2NO3. The molecule has 0 aromatic carbocycles. The summed E-state index contributed by atoms with van der Waals surface area (Å²) < 4.78 is 28.3. The number of nitrogens with one attached hydrogen (secondary N) is 1. The normalized spacial score (nSPS) is 23.1. The van der Waals surface area contributed by atoms with Crippen LogP contribution in [0.5, 0.6) is 0 Å². The van der Waals surface area contributed by atoms with Crippen molar-refractivity contribution in [1.82, 2.24) is 5.32 Å². The molecule has 0 aromatic heterocycles. The summed E-state index contributed by atoms with van der Waals surface area (Å²) in [5.74, 6) is -5.28. The molecule has 0 aromatic rings. The molecule has 0 saturated heterocycles. The molecule has 6 heteroatoms. The Bertz CT molecular complexity index is 380. The smallest absolute Gasteiger partial charge is 0.349 e. The van der Waals surface area contributed by atoms with Crippen molar-refractivity contribution in [2.75, 3.05) is 0 Å².